The third-order valence-corrected chi connectivity index (χ3v) is 4.70. The molecule has 0 spiro atoms. The van der Waals surface area contributed by atoms with Gasteiger partial charge in [0.1, 0.15) is 0 Å². The van der Waals surface area contributed by atoms with Crippen molar-refractivity contribution in [2.75, 3.05) is 59.7 Å². The highest BCUT2D eigenvalue weighted by atomic mass is 16.5. The van der Waals surface area contributed by atoms with Crippen molar-refractivity contribution < 1.29 is 19.0 Å². The lowest BCUT2D eigenvalue weighted by Crippen LogP contribution is -2.60. The van der Waals surface area contributed by atoms with Gasteiger partial charge in [-0.2, -0.15) is 0 Å². The van der Waals surface area contributed by atoms with E-state index >= 15 is 0 Å². The van der Waals surface area contributed by atoms with Crippen molar-refractivity contribution in [1.82, 2.24) is 9.80 Å². The van der Waals surface area contributed by atoms with Gasteiger partial charge >= 0.3 is 0 Å². The quantitative estimate of drug-likeness (QED) is 0.677. The fourth-order valence-electron chi connectivity index (χ4n) is 3.17. The largest absolute Gasteiger partial charge is 0.382 e. The predicted molar refractivity (Wildman–Crippen MR) is 83.9 cm³/mol. The summed E-state index contributed by atoms with van der Waals surface area (Å²) in [5.41, 5.74) is -0.451. The van der Waals surface area contributed by atoms with Crippen molar-refractivity contribution in [3.63, 3.8) is 0 Å². The van der Waals surface area contributed by atoms with Gasteiger partial charge in [-0.15, -0.1) is 0 Å². The number of ether oxygens (including phenoxy) is 3. The predicted octanol–water partition coefficient (Wildman–Crippen LogP) is 0.751. The van der Waals surface area contributed by atoms with Gasteiger partial charge in [0.2, 0.25) is 5.91 Å². The summed E-state index contributed by atoms with van der Waals surface area (Å²) in [6.07, 6.45) is 2.08. The number of methoxy groups -OCH3 is 1. The monoisotopic (exact) mass is 314 g/mol. The molecule has 128 valence electrons. The Hall–Kier alpha value is -0.690. The van der Waals surface area contributed by atoms with Crippen LogP contribution in [0.3, 0.4) is 0 Å². The van der Waals surface area contributed by atoms with Crippen molar-refractivity contribution in [1.29, 1.82) is 0 Å². The van der Waals surface area contributed by atoms with Crippen LogP contribution >= 0.6 is 0 Å². The van der Waals surface area contributed by atoms with Crippen LogP contribution in [0.4, 0.5) is 0 Å². The van der Waals surface area contributed by atoms with Crippen molar-refractivity contribution in [3.8, 4) is 0 Å². The first kappa shape index (κ1) is 17.7. The first-order chi connectivity index (χ1) is 10.6. The van der Waals surface area contributed by atoms with Crippen LogP contribution in [0.2, 0.25) is 0 Å². The summed E-state index contributed by atoms with van der Waals surface area (Å²) in [5, 5.41) is 0. The molecule has 0 bridgehead atoms. The maximum Gasteiger partial charge on any atom is 0.242 e. The Bertz CT molecular complexity index is 348. The van der Waals surface area contributed by atoms with E-state index in [0.717, 1.165) is 39.0 Å². The Morgan fingerprint density at radius 1 is 1.14 bits per heavy atom. The molecular formula is C16H30N2O4. The van der Waals surface area contributed by atoms with Gasteiger partial charge < -0.3 is 19.1 Å². The Morgan fingerprint density at radius 3 is 2.36 bits per heavy atom. The summed E-state index contributed by atoms with van der Waals surface area (Å²) in [5.74, 6) is 0.227. The Balaban J connectivity index is 1.80. The number of piperidine rings is 1. The van der Waals surface area contributed by atoms with E-state index in [1.54, 1.807) is 7.11 Å². The van der Waals surface area contributed by atoms with Gasteiger partial charge in [0.05, 0.1) is 38.1 Å². The van der Waals surface area contributed by atoms with Crippen LogP contribution in [0.1, 0.15) is 26.7 Å². The average molecular weight is 314 g/mol. The smallest absolute Gasteiger partial charge is 0.242 e. The van der Waals surface area contributed by atoms with Crippen molar-refractivity contribution in [3.05, 3.63) is 0 Å². The zero-order chi connectivity index (χ0) is 16.0. The SMILES string of the molecule is COCCOC1CCN(C(=O)C(C)(C)N2CCOCC2)CC1. The molecule has 2 saturated heterocycles. The van der Waals surface area contributed by atoms with Crippen LogP contribution in [-0.4, -0.2) is 87.1 Å². The summed E-state index contributed by atoms with van der Waals surface area (Å²) in [7, 11) is 1.68. The van der Waals surface area contributed by atoms with E-state index in [1.807, 2.05) is 18.7 Å². The molecule has 2 aliphatic rings. The van der Waals surface area contributed by atoms with E-state index in [2.05, 4.69) is 4.90 Å². The molecule has 0 aliphatic carbocycles. The second-order valence-electron chi connectivity index (χ2n) is 6.51. The first-order valence-electron chi connectivity index (χ1n) is 8.28. The molecule has 6 nitrogen and oxygen atoms in total. The summed E-state index contributed by atoms with van der Waals surface area (Å²) >= 11 is 0. The van der Waals surface area contributed by atoms with E-state index in [1.165, 1.54) is 0 Å². The third kappa shape index (κ3) is 4.41. The molecule has 0 N–H and O–H groups in total. The lowest BCUT2D eigenvalue weighted by atomic mass is 9.97. The highest BCUT2D eigenvalue weighted by molar-refractivity contribution is 5.85. The molecule has 22 heavy (non-hydrogen) atoms. The van der Waals surface area contributed by atoms with Crippen LogP contribution in [0.25, 0.3) is 0 Å². The van der Waals surface area contributed by atoms with Gasteiger partial charge in [-0.3, -0.25) is 9.69 Å². The molecule has 0 saturated carbocycles. The van der Waals surface area contributed by atoms with E-state index in [9.17, 15) is 4.79 Å². The van der Waals surface area contributed by atoms with Crippen molar-refractivity contribution in [2.45, 2.75) is 38.3 Å². The number of likely N-dealkylation sites (tertiary alicyclic amines) is 1. The molecule has 6 heteroatoms. The molecule has 2 aliphatic heterocycles. The van der Waals surface area contributed by atoms with Crippen LogP contribution in [0.5, 0.6) is 0 Å². The molecule has 1 amide bonds. The summed E-state index contributed by atoms with van der Waals surface area (Å²) in [6.45, 7) is 9.97. The fourth-order valence-corrected chi connectivity index (χ4v) is 3.17. The summed E-state index contributed by atoms with van der Waals surface area (Å²) < 4.78 is 16.1. The summed E-state index contributed by atoms with van der Waals surface area (Å²) in [6, 6.07) is 0. The van der Waals surface area contributed by atoms with Gasteiger partial charge in [0.15, 0.2) is 0 Å². The highest BCUT2D eigenvalue weighted by Crippen LogP contribution is 2.22. The minimum Gasteiger partial charge on any atom is -0.382 e. The van der Waals surface area contributed by atoms with Gasteiger partial charge in [0, 0.05) is 33.3 Å². The standard InChI is InChI=1S/C16H30N2O4/c1-16(2,18-8-10-21-11-9-18)15(19)17-6-4-14(5-7-17)22-13-12-20-3/h14H,4-13H2,1-3H3. The van der Waals surface area contributed by atoms with Gasteiger partial charge in [-0.05, 0) is 26.7 Å². The van der Waals surface area contributed by atoms with Crippen LogP contribution in [-0.2, 0) is 19.0 Å². The molecule has 2 heterocycles. The molecular weight excluding hydrogens is 284 g/mol. The summed E-state index contributed by atoms with van der Waals surface area (Å²) in [4.78, 5) is 17.1. The molecule has 0 aromatic heterocycles. The number of hydrogen-bond acceptors (Lipinski definition) is 5. The molecule has 0 aromatic carbocycles. The lowest BCUT2D eigenvalue weighted by molar-refractivity contribution is -0.148. The number of carbonyl (C=O) groups is 1. The number of carbonyl (C=O) groups excluding carboxylic acids is 1. The first-order valence-corrected chi connectivity index (χ1v) is 8.28. The van der Waals surface area contributed by atoms with Gasteiger partial charge in [0.25, 0.3) is 0 Å². The average Bonchev–Trinajstić information content (AvgIpc) is 2.56. The zero-order valence-corrected chi connectivity index (χ0v) is 14.2. The minimum absolute atomic E-state index is 0.227. The van der Waals surface area contributed by atoms with E-state index in [0.29, 0.717) is 26.4 Å². The molecule has 0 unspecified atom stereocenters. The fraction of sp³-hybridized carbons (Fsp3) is 0.938. The molecule has 0 aromatic rings. The van der Waals surface area contributed by atoms with E-state index in [4.69, 9.17) is 14.2 Å². The number of hydrogen-bond donors (Lipinski definition) is 0. The normalized spacial score (nSPS) is 22.0. The third-order valence-electron chi connectivity index (χ3n) is 4.70. The van der Waals surface area contributed by atoms with Gasteiger partial charge in [-0.1, -0.05) is 0 Å². The Labute approximate surface area is 133 Å². The van der Waals surface area contributed by atoms with Crippen LogP contribution in [0, 0.1) is 0 Å². The second kappa shape index (κ2) is 8.24. The minimum atomic E-state index is -0.451. The molecule has 0 radical (unpaired) electrons. The molecule has 0 atom stereocenters. The molecule has 2 rings (SSSR count). The van der Waals surface area contributed by atoms with E-state index in [-0.39, 0.29) is 12.0 Å². The Morgan fingerprint density at radius 2 is 1.77 bits per heavy atom. The topological polar surface area (TPSA) is 51.2 Å². The lowest BCUT2D eigenvalue weighted by Gasteiger charge is -2.43. The van der Waals surface area contributed by atoms with Crippen molar-refractivity contribution in [2.24, 2.45) is 0 Å². The van der Waals surface area contributed by atoms with Crippen LogP contribution in [0.15, 0.2) is 0 Å². The maximum absolute atomic E-state index is 12.9. The number of nitrogens with zero attached hydrogens (tertiary/aromatic N) is 2. The Kier molecular flexibility index (Phi) is 6.62. The zero-order valence-electron chi connectivity index (χ0n) is 14.2. The molecule has 2 fully saturated rings. The number of rotatable bonds is 6. The van der Waals surface area contributed by atoms with Crippen molar-refractivity contribution >= 4 is 5.91 Å². The van der Waals surface area contributed by atoms with Crippen LogP contribution < -0.4 is 0 Å². The number of morpholine rings is 1. The maximum atomic E-state index is 12.9. The second-order valence-corrected chi connectivity index (χ2v) is 6.51. The van der Waals surface area contributed by atoms with Gasteiger partial charge in [-0.25, -0.2) is 0 Å². The number of amides is 1. The van der Waals surface area contributed by atoms with E-state index < -0.39 is 5.54 Å². The highest BCUT2D eigenvalue weighted by Gasteiger charge is 2.39.